The van der Waals surface area contributed by atoms with Gasteiger partial charge in [0.05, 0.1) is 5.92 Å². The Morgan fingerprint density at radius 2 is 1.50 bits per heavy atom. The van der Waals surface area contributed by atoms with Gasteiger partial charge < -0.3 is 5.32 Å². The van der Waals surface area contributed by atoms with Crippen LogP contribution in [0.2, 0.25) is 0 Å². The Balaban J connectivity index is 1.45. The second-order valence-corrected chi connectivity index (χ2v) is 7.18. The maximum atomic E-state index is 12.8. The number of nitrogens with one attached hydrogen (secondary N) is 1. The first-order valence-electron chi connectivity index (χ1n) is 9.26. The number of carbonyl (C=O) groups is 1. The van der Waals surface area contributed by atoms with Crippen molar-refractivity contribution in [1.82, 2.24) is 5.32 Å². The van der Waals surface area contributed by atoms with Crippen molar-refractivity contribution in [3.05, 3.63) is 70.8 Å². The summed E-state index contributed by atoms with van der Waals surface area (Å²) in [6, 6.07) is 17.2. The van der Waals surface area contributed by atoms with Gasteiger partial charge in [0.25, 0.3) is 0 Å². The molecule has 0 aromatic heterocycles. The van der Waals surface area contributed by atoms with E-state index in [-0.39, 0.29) is 11.8 Å². The summed E-state index contributed by atoms with van der Waals surface area (Å²) in [5.41, 5.74) is 5.50. The monoisotopic (exact) mass is 319 g/mol. The van der Waals surface area contributed by atoms with Crippen LogP contribution in [0.25, 0.3) is 0 Å². The van der Waals surface area contributed by atoms with Crippen LogP contribution in [0.15, 0.2) is 48.5 Å². The number of amides is 1. The molecule has 1 amide bonds. The van der Waals surface area contributed by atoms with Crippen LogP contribution in [-0.2, 0) is 17.6 Å². The lowest BCUT2D eigenvalue weighted by molar-refractivity contribution is -0.122. The molecule has 0 radical (unpaired) electrons. The van der Waals surface area contributed by atoms with E-state index in [4.69, 9.17) is 0 Å². The number of hydrogen-bond acceptors (Lipinski definition) is 1. The van der Waals surface area contributed by atoms with Crippen LogP contribution in [0.4, 0.5) is 0 Å². The van der Waals surface area contributed by atoms with E-state index in [0.29, 0.717) is 5.92 Å². The smallest absolute Gasteiger partial charge is 0.227 e. The molecule has 4 rings (SSSR count). The Hall–Kier alpha value is -2.09. The molecule has 124 valence electrons. The molecule has 2 heteroatoms. The van der Waals surface area contributed by atoms with Crippen LogP contribution in [0.5, 0.6) is 0 Å². The molecule has 0 saturated carbocycles. The van der Waals surface area contributed by atoms with E-state index in [0.717, 1.165) is 25.8 Å². The molecule has 0 fully saturated rings. The fourth-order valence-corrected chi connectivity index (χ4v) is 4.44. The lowest BCUT2D eigenvalue weighted by Gasteiger charge is -2.28. The summed E-state index contributed by atoms with van der Waals surface area (Å²) >= 11 is 0. The van der Waals surface area contributed by atoms with Crippen LogP contribution in [0.3, 0.4) is 0 Å². The molecule has 24 heavy (non-hydrogen) atoms. The van der Waals surface area contributed by atoms with Gasteiger partial charge in [-0.15, -0.1) is 0 Å². The van der Waals surface area contributed by atoms with Gasteiger partial charge in [-0.3, -0.25) is 4.79 Å². The Morgan fingerprint density at radius 1 is 0.875 bits per heavy atom. The van der Waals surface area contributed by atoms with E-state index in [1.54, 1.807) is 0 Å². The highest BCUT2D eigenvalue weighted by atomic mass is 16.1. The normalized spacial score (nSPS) is 22.3. The van der Waals surface area contributed by atoms with Crippen LogP contribution in [-0.4, -0.2) is 12.5 Å². The van der Waals surface area contributed by atoms with Gasteiger partial charge in [0.1, 0.15) is 0 Å². The molecule has 2 aliphatic rings. The predicted molar refractivity (Wildman–Crippen MR) is 97.3 cm³/mol. The highest BCUT2D eigenvalue weighted by Gasteiger charge is 2.27. The lowest BCUT2D eigenvalue weighted by Crippen LogP contribution is -2.35. The molecule has 2 aliphatic carbocycles. The highest BCUT2D eigenvalue weighted by molar-refractivity contribution is 5.84. The van der Waals surface area contributed by atoms with Crippen LogP contribution < -0.4 is 5.32 Å². The van der Waals surface area contributed by atoms with E-state index < -0.39 is 0 Å². The van der Waals surface area contributed by atoms with E-state index in [2.05, 4.69) is 53.8 Å². The molecular weight excluding hydrogens is 294 g/mol. The summed E-state index contributed by atoms with van der Waals surface area (Å²) in [5, 5.41) is 3.26. The van der Waals surface area contributed by atoms with Crippen molar-refractivity contribution in [2.45, 2.75) is 50.4 Å². The van der Waals surface area contributed by atoms with E-state index in [9.17, 15) is 4.79 Å². The third kappa shape index (κ3) is 2.98. The average molecular weight is 319 g/mol. The standard InChI is InChI=1S/C22H25NO/c24-22(21-14-6-10-17-8-2-4-13-20(17)21)23-15-18-11-5-9-16-7-1-3-12-19(16)18/h1-4,7-8,12-13,18,21H,5-6,9-11,14-15H2,(H,23,24). The van der Waals surface area contributed by atoms with Crippen molar-refractivity contribution in [3.8, 4) is 0 Å². The molecule has 0 aliphatic heterocycles. The van der Waals surface area contributed by atoms with Crippen LogP contribution in [0.1, 0.15) is 59.8 Å². The third-order valence-corrected chi connectivity index (χ3v) is 5.70. The van der Waals surface area contributed by atoms with Crippen molar-refractivity contribution in [1.29, 1.82) is 0 Å². The second-order valence-electron chi connectivity index (χ2n) is 7.18. The lowest BCUT2D eigenvalue weighted by atomic mass is 9.81. The van der Waals surface area contributed by atoms with Crippen LogP contribution >= 0.6 is 0 Å². The van der Waals surface area contributed by atoms with E-state index in [1.807, 2.05) is 0 Å². The zero-order valence-corrected chi connectivity index (χ0v) is 14.1. The van der Waals surface area contributed by atoms with Crippen molar-refractivity contribution in [3.63, 3.8) is 0 Å². The minimum atomic E-state index is 0.0359. The molecule has 2 unspecified atom stereocenters. The average Bonchev–Trinajstić information content (AvgIpc) is 2.65. The summed E-state index contributed by atoms with van der Waals surface area (Å²) in [6.45, 7) is 0.772. The van der Waals surface area contributed by atoms with Gasteiger partial charge in [0.15, 0.2) is 0 Å². The van der Waals surface area contributed by atoms with Crippen LogP contribution in [0, 0.1) is 0 Å². The molecule has 2 aromatic carbocycles. The number of hydrogen-bond donors (Lipinski definition) is 1. The first kappa shape index (κ1) is 15.4. The number of fused-ring (bicyclic) bond motifs is 2. The molecule has 0 heterocycles. The van der Waals surface area contributed by atoms with Gasteiger partial charge in [-0.2, -0.15) is 0 Å². The van der Waals surface area contributed by atoms with Gasteiger partial charge in [0.2, 0.25) is 5.91 Å². The topological polar surface area (TPSA) is 29.1 Å². The second kappa shape index (κ2) is 6.80. The minimum Gasteiger partial charge on any atom is -0.355 e. The molecule has 1 N–H and O–H groups in total. The quantitative estimate of drug-likeness (QED) is 0.895. The van der Waals surface area contributed by atoms with Crippen molar-refractivity contribution < 1.29 is 4.79 Å². The summed E-state index contributed by atoms with van der Waals surface area (Å²) in [5.74, 6) is 0.719. The zero-order chi connectivity index (χ0) is 16.4. The van der Waals surface area contributed by atoms with Crippen molar-refractivity contribution in [2.24, 2.45) is 0 Å². The maximum Gasteiger partial charge on any atom is 0.227 e. The summed E-state index contributed by atoms with van der Waals surface area (Å²) < 4.78 is 0. The molecular formula is C22H25NO. The number of rotatable bonds is 3. The third-order valence-electron chi connectivity index (χ3n) is 5.70. The van der Waals surface area contributed by atoms with Crippen molar-refractivity contribution >= 4 is 5.91 Å². The SMILES string of the molecule is O=C(NCC1CCCc2ccccc21)C1CCCc2ccccc21. The molecule has 0 spiro atoms. The van der Waals surface area contributed by atoms with Gasteiger partial charge in [-0.25, -0.2) is 0 Å². The first-order chi connectivity index (χ1) is 11.8. The molecule has 2 nitrogen and oxygen atoms in total. The number of benzene rings is 2. The molecule has 2 atom stereocenters. The molecule has 0 bridgehead atoms. The summed E-state index contributed by atoms with van der Waals surface area (Å²) in [6.07, 6.45) is 6.78. The predicted octanol–water partition coefficient (Wildman–Crippen LogP) is 4.34. The van der Waals surface area contributed by atoms with E-state index in [1.165, 1.54) is 41.5 Å². The van der Waals surface area contributed by atoms with E-state index >= 15 is 0 Å². The minimum absolute atomic E-state index is 0.0359. The molecule has 0 saturated heterocycles. The first-order valence-corrected chi connectivity index (χ1v) is 9.26. The maximum absolute atomic E-state index is 12.8. The fraction of sp³-hybridized carbons (Fsp3) is 0.409. The molecule has 2 aromatic rings. The Morgan fingerprint density at radius 3 is 2.29 bits per heavy atom. The van der Waals surface area contributed by atoms with Crippen molar-refractivity contribution in [2.75, 3.05) is 6.54 Å². The largest absolute Gasteiger partial charge is 0.355 e. The van der Waals surface area contributed by atoms with Gasteiger partial charge in [-0.05, 0) is 60.8 Å². The summed E-state index contributed by atoms with van der Waals surface area (Å²) in [7, 11) is 0. The summed E-state index contributed by atoms with van der Waals surface area (Å²) in [4.78, 5) is 12.8. The van der Waals surface area contributed by atoms with Gasteiger partial charge in [-0.1, -0.05) is 48.5 Å². The van der Waals surface area contributed by atoms with Gasteiger partial charge in [0, 0.05) is 12.5 Å². The number of aryl methyl sites for hydroxylation is 2. The number of carbonyl (C=O) groups excluding carboxylic acids is 1. The fourth-order valence-electron chi connectivity index (χ4n) is 4.44. The Kier molecular flexibility index (Phi) is 4.38. The van der Waals surface area contributed by atoms with Gasteiger partial charge >= 0.3 is 0 Å². The Labute approximate surface area is 144 Å². The highest BCUT2D eigenvalue weighted by Crippen LogP contribution is 2.33. The Bertz CT molecular complexity index is 736. The zero-order valence-electron chi connectivity index (χ0n) is 14.1.